The fourth-order valence-electron chi connectivity index (χ4n) is 1.61. The van der Waals surface area contributed by atoms with E-state index in [0.717, 1.165) is 12.3 Å². The summed E-state index contributed by atoms with van der Waals surface area (Å²) in [4.78, 5) is 14.1. The summed E-state index contributed by atoms with van der Waals surface area (Å²) in [5, 5.41) is 14.3. The maximum absolute atomic E-state index is 12.4. The van der Waals surface area contributed by atoms with E-state index in [2.05, 4.69) is 10.1 Å². The van der Waals surface area contributed by atoms with E-state index in [1.165, 1.54) is 23.1 Å². The largest absolute Gasteiger partial charge is 0.550 e. The summed E-state index contributed by atoms with van der Waals surface area (Å²) < 4.78 is 38.6. The smallest absolute Gasteiger partial charge is 0.417 e. The molecule has 0 atom stereocenters. The van der Waals surface area contributed by atoms with Gasteiger partial charge in [0.2, 0.25) is 0 Å². The minimum absolute atomic E-state index is 0.156. The molecular weight excluding hydrogens is 287 g/mol. The SMILES string of the molecule is O=C([O-])CC[n+]1ccc(-c2ccc(C(F)(F)F)cn2)cn1. The Morgan fingerprint density at radius 1 is 1.24 bits per heavy atom. The first-order valence-electron chi connectivity index (χ1n) is 5.95. The van der Waals surface area contributed by atoms with Crippen molar-refractivity contribution in [2.45, 2.75) is 19.1 Å². The lowest BCUT2D eigenvalue weighted by molar-refractivity contribution is -0.753. The molecule has 110 valence electrons. The van der Waals surface area contributed by atoms with Crippen LogP contribution in [0.4, 0.5) is 13.2 Å². The van der Waals surface area contributed by atoms with Crippen LogP contribution in [0.1, 0.15) is 12.0 Å². The molecule has 0 amide bonds. The van der Waals surface area contributed by atoms with E-state index in [1.807, 2.05) is 0 Å². The molecule has 2 aromatic rings. The van der Waals surface area contributed by atoms with Gasteiger partial charge in [0.1, 0.15) is 6.20 Å². The zero-order valence-electron chi connectivity index (χ0n) is 10.7. The summed E-state index contributed by atoms with van der Waals surface area (Å²) >= 11 is 0. The summed E-state index contributed by atoms with van der Waals surface area (Å²) in [5.41, 5.74) is 0.0649. The summed E-state index contributed by atoms with van der Waals surface area (Å²) in [5.74, 6) is -1.18. The van der Waals surface area contributed by atoms with Crippen molar-refractivity contribution in [2.24, 2.45) is 0 Å². The molecule has 0 aliphatic carbocycles. The van der Waals surface area contributed by atoms with Gasteiger partial charge in [-0.25, -0.2) is 0 Å². The minimum atomic E-state index is -4.42. The first-order chi connectivity index (χ1) is 9.86. The lowest BCUT2D eigenvalue weighted by Gasteiger charge is -2.06. The molecule has 0 aliphatic rings. The number of halogens is 3. The number of aryl methyl sites for hydroxylation is 1. The molecule has 0 spiro atoms. The number of carbonyl (C=O) groups excluding carboxylic acids is 1. The molecule has 0 bridgehead atoms. The molecule has 21 heavy (non-hydrogen) atoms. The van der Waals surface area contributed by atoms with Crippen LogP contribution < -0.4 is 9.79 Å². The highest BCUT2D eigenvalue weighted by molar-refractivity contribution is 5.63. The first kappa shape index (κ1) is 14.9. The van der Waals surface area contributed by atoms with Crippen molar-refractivity contribution in [3.63, 3.8) is 0 Å². The molecule has 0 aliphatic heterocycles. The number of rotatable bonds is 4. The molecule has 2 heterocycles. The molecule has 0 radical (unpaired) electrons. The number of aromatic nitrogens is 3. The number of carboxylic acid groups (broad SMARTS) is 1. The summed E-state index contributed by atoms with van der Waals surface area (Å²) in [6, 6.07) is 3.79. The van der Waals surface area contributed by atoms with Gasteiger partial charge in [0.05, 0.1) is 11.3 Å². The molecule has 0 N–H and O–H groups in total. The fraction of sp³-hybridized carbons (Fsp3) is 0.231. The average molecular weight is 297 g/mol. The highest BCUT2D eigenvalue weighted by Crippen LogP contribution is 2.29. The van der Waals surface area contributed by atoms with Crippen LogP contribution in [-0.4, -0.2) is 16.1 Å². The maximum atomic E-state index is 12.4. The van der Waals surface area contributed by atoms with E-state index < -0.39 is 17.7 Å². The van der Waals surface area contributed by atoms with Crippen LogP contribution in [0.25, 0.3) is 11.3 Å². The van der Waals surface area contributed by atoms with Gasteiger partial charge < -0.3 is 9.90 Å². The number of alkyl halides is 3. The van der Waals surface area contributed by atoms with E-state index in [9.17, 15) is 23.1 Å². The number of hydrogen-bond donors (Lipinski definition) is 0. The Labute approximate surface area is 117 Å². The lowest BCUT2D eigenvalue weighted by Crippen LogP contribution is -2.40. The molecule has 0 saturated heterocycles. The van der Waals surface area contributed by atoms with E-state index in [4.69, 9.17) is 0 Å². The topological polar surface area (TPSA) is 69.8 Å². The zero-order chi connectivity index (χ0) is 15.5. The maximum Gasteiger partial charge on any atom is 0.417 e. The van der Waals surface area contributed by atoms with Gasteiger partial charge in [0.25, 0.3) is 0 Å². The van der Waals surface area contributed by atoms with Crippen molar-refractivity contribution in [3.05, 3.63) is 42.4 Å². The third-order valence-corrected chi connectivity index (χ3v) is 2.70. The first-order valence-corrected chi connectivity index (χ1v) is 5.95. The zero-order valence-corrected chi connectivity index (χ0v) is 10.7. The Balaban J connectivity index is 2.13. The number of carboxylic acids is 1. The van der Waals surface area contributed by atoms with Gasteiger partial charge in [-0.1, -0.05) is 4.68 Å². The summed E-state index contributed by atoms with van der Waals surface area (Å²) in [6.45, 7) is 0.156. The van der Waals surface area contributed by atoms with Crippen LogP contribution in [0, 0.1) is 0 Å². The molecule has 2 aromatic heterocycles. The van der Waals surface area contributed by atoms with E-state index in [0.29, 0.717) is 11.3 Å². The van der Waals surface area contributed by atoms with Crippen molar-refractivity contribution in [3.8, 4) is 11.3 Å². The molecular formula is C13H10F3N3O2. The van der Waals surface area contributed by atoms with Crippen LogP contribution in [0.5, 0.6) is 0 Å². The Hall–Kier alpha value is -2.51. The van der Waals surface area contributed by atoms with Crippen LogP contribution >= 0.6 is 0 Å². The Bertz CT molecular complexity index is 625. The van der Waals surface area contributed by atoms with Crippen molar-refractivity contribution >= 4 is 5.97 Å². The van der Waals surface area contributed by atoms with Gasteiger partial charge in [-0.3, -0.25) is 4.98 Å². The van der Waals surface area contributed by atoms with E-state index >= 15 is 0 Å². The Morgan fingerprint density at radius 3 is 2.48 bits per heavy atom. The predicted molar refractivity (Wildman–Crippen MR) is 62.3 cm³/mol. The minimum Gasteiger partial charge on any atom is -0.550 e. The van der Waals surface area contributed by atoms with Crippen molar-refractivity contribution < 1.29 is 27.8 Å². The second-order valence-corrected chi connectivity index (χ2v) is 4.23. The molecule has 0 fully saturated rings. The molecule has 0 saturated carbocycles. The average Bonchev–Trinajstić information content (AvgIpc) is 2.45. The third kappa shape index (κ3) is 3.98. The van der Waals surface area contributed by atoms with Gasteiger partial charge in [-0.2, -0.15) is 13.2 Å². The Kier molecular flexibility index (Phi) is 4.15. The number of hydrogen-bond acceptors (Lipinski definition) is 4. The standard InChI is InChI=1S/C13H10F3N3O2/c14-13(15,16)10-1-2-11(17-8-10)9-3-5-19(18-7-9)6-4-12(20)21/h1-3,5,7-8H,4,6H2. The van der Waals surface area contributed by atoms with E-state index in [1.54, 1.807) is 6.07 Å². The molecule has 0 aromatic carbocycles. The summed E-state index contributed by atoms with van der Waals surface area (Å²) in [6.07, 6.45) is -0.904. The van der Waals surface area contributed by atoms with Gasteiger partial charge >= 0.3 is 6.18 Å². The van der Waals surface area contributed by atoms with Crippen molar-refractivity contribution in [2.75, 3.05) is 0 Å². The Morgan fingerprint density at radius 2 is 2.00 bits per heavy atom. The predicted octanol–water partition coefficient (Wildman–Crippen LogP) is 0.590. The second kappa shape index (κ2) is 5.86. The summed E-state index contributed by atoms with van der Waals surface area (Å²) in [7, 11) is 0. The quantitative estimate of drug-likeness (QED) is 0.775. The number of carbonyl (C=O) groups is 1. The number of nitrogens with zero attached hydrogens (tertiary/aromatic N) is 3. The van der Waals surface area contributed by atoms with Crippen molar-refractivity contribution in [1.82, 2.24) is 10.1 Å². The van der Waals surface area contributed by atoms with Gasteiger partial charge in [0.15, 0.2) is 12.7 Å². The molecule has 8 heteroatoms. The second-order valence-electron chi connectivity index (χ2n) is 4.23. The van der Waals surface area contributed by atoms with Crippen LogP contribution in [0.2, 0.25) is 0 Å². The normalized spacial score (nSPS) is 11.4. The molecule has 5 nitrogen and oxygen atoms in total. The van der Waals surface area contributed by atoms with Gasteiger partial charge in [-0.15, -0.1) is 0 Å². The van der Waals surface area contributed by atoms with Gasteiger partial charge in [0, 0.05) is 30.2 Å². The van der Waals surface area contributed by atoms with Gasteiger partial charge in [-0.05, 0) is 17.2 Å². The van der Waals surface area contributed by atoms with Crippen molar-refractivity contribution in [1.29, 1.82) is 0 Å². The lowest BCUT2D eigenvalue weighted by atomic mass is 10.2. The molecule has 0 unspecified atom stereocenters. The molecule has 2 rings (SSSR count). The highest BCUT2D eigenvalue weighted by Gasteiger charge is 2.30. The monoisotopic (exact) mass is 297 g/mol. The fourth-order valence-corrected chi connectivity index (χ4v) is 1.61. The number of aliphatic carboxylic acids is 1. The highest BCUT2D eigenvalue weighted by atomic mass is 19.4. The van der Waals surface area contributed by atoms with Crippen LogP contribution in [0.3, 0.4) is 0 Å². The van der Waals surface area contributed by atoms with Crippen LogP contribution in [0.15, 0.2) is 36.8 Å². The van der Waals surface area contributed by atoms with E-state index in [-0.39, 0.29) is 13.0 Å². The third-order valence-electron chi connectivity index (χ3n) is 2.70. The number of pyridine rings is 1. The van der Waals surface area contributed by atoms with Crippen LogP contribution in [-0.2, 0) is 17.5 Å².